The van der Waals surface area contributed by atoms with E-state index in [1.807, 2.05) is 0 Å². The molecular formula is C9H8N2O4S. The van der Waals surface area contributed by atoms with Gasteiger partial charge < -0.3 is 5.11 Å². The number of nitrogens with zero attached hydrogens (tertiary/aromatic N) is 2. The van der Waals surface area contributed by atoms with Crippen LogP contribution in [0.15, 0.2) is 41.4 Å². The molecule has 0 amide bonds. The van der Waals surface area contributed by atoms with Crippen molar-refractivity contribution in [2.45, 2.75) is 4.90 Å². The van der Waals surface area contributed by atoms with Crippen molar-refractivity contribution in [3.8, 4) is 11.6 Å². The summed E-state index contributed by atoms with van der Waals surface area (Å²) in [7, 11) is -4.19. The second-order valence-electron chi connectivity index (χ2n) is 3.07. The molecule has 0 unspecified atom stereocenters. The summed E-state index contributed by atoms with van der Waals surface area (Å²) in [6, 6.07) is 6.71. The zero-order chi connectivity index (χ0) is 11.8. The second kappa shape index (κ2) is 3.62. The first kappa shape index (κ1) is 10.7. The Kier molecular flexibility index (Phi) is 2.41. The SMILES string of the molecule is O=S(=O)(O)c1ccc(-n2nccc2O)cc1. The van der Waals surface area contributed by atoms with Crippen LogP contribution in [0.3, 0.4) is 0 Å². The van der Waals surface area contributed by atoms with E-state index in [1.54, 1.807) is 0 Å². The fourth-order valence-electron chi connectivity index (χ4n) is 1.25. The van der Waals surface area contributed by atoms with Crippen molar-refractivity contribution in [2.75, 3.05) is 0 Å². The van der Waals surface area contributed by atoms with Gasteiger partial charge in [0.2, 0.25) is 5.88 Å². The maximum atomic E-state index is 10.8. The molecule has 0 aliphatic carbocycles. The zero-order valence-corrected chi connectivity index (χ0v) is 8.79. The van der Waals surface area contributed by atoms with Crippen LogP contribution in [-0.2, 0) is 10.1 Å². The number of hydrogen-bond acceptors (Lipinski definition) is 4. The average Bonchev–Trinajstić information content (AvgIpc) is 2.63. The molecule has 16 heavy (non-hydrogen) atoms. The predicted octanol–water partition coefficient (Wildman–Crippen LogP) is 0.825. The Balaban J connectivity index is 2.45. The molecule has 1 aromatic carbocycles. The van der Waals surface area contributed by atoms with E-state index >= 15 is 0 Å². The van der Waals surface area contributed by atoms with E-state index in [0.717, 1.165) is 0 Å². The topological polar surface area (TPSA) is 92.4 Å². The molecule has 0 aliphatic heterocycles. The van der Waals surface area contributed by atoms with Crippen LogP contribution in [0.5, 0.6) is 5.88 Å². The Hall–Kier alpha value is -1.86. The van der Waals surface area contributed by atoms with Crippen molar-refractivity contribution >= 4 is 10.1 Å². The highest BCUT2D eigenvalue weighted by molar-refractivity contribution is 7.85. The van der Waals surface area contributed by atoms with Gasteiger partial charge in [0.25, 0.3) is 10.1 Å². The molecule has 2 aromatic rings. The van der Waals surface area contributed by atoms with Crippen LogP contribution >= 0.6 is 0 Å². The molecule has 0 aliphatic rings. The first-order valence-corrected chi connectivity index (χ1v) is 5.73. The van der Waals surface area contributed by atoms with Gasteiger partial charge in [0, 0.05) is 6.07 Å². The maximum Gasteiger partial charge on any atom is 0.294 e. The third-order valence-corrected chi connectivity index (χ3v) is 2.87. The lowest BCUT2D eigenvalue weighted by Crippen LogP contribution is -2.00. The standard InChI is InChI=1S/C9H8N2O4S/c12-9-5-6-10-11(9)7-1-3-8(4-2-7)16(13,14)15/h1-6,12H,(H,13,14,15). The quantitative estimate of drug-likeness (QED) is 0.758. The highest BCUT2D eigenvalue weighted by atomic mass is 32.2. The van der Waals surface area contributed by atoms with Crippen LogP contribution < -0.4 is 0 Å². The number of aromatic nitrogens is 2. The first-order valence-electron chi connectivity index (χ1n) is 4.29. The smallest absolute Gasteiger partial charge is 0.294 e. The van der Waals surface area contributed by atoms with Gasteiger partial charge in [-0.2, -0.15) is 13.5 Å². The van der Waals surface area contributed by atoms with E-state index in [0.29, 0.717) is 5.69 Å². The molecule has 0 saturated carbocycles. The minimum atomic E-state index is -4.19. The molecule has 0 atom stereocenters. The molecule has 1 heterocycles. The van der Waals surface area contributed by atoms with Crippen molar-refractivity contribution < 1.29 is 18.1 Å². The van der Waals surface area contributed by atoms with Gasteiger partial charge in [-0.25, -0.2) is 4.68 Å². The summed E-state index contributed by atoms with van der Waals surface area (Å²) >= 11 is 0. The van der Waals surface area contributed by atoms with Crippen molar-refractivity contribution in [1.29, 1.82) is 0 Å². The molecular weight excluding hydrogens is 232 g/mol. The third-order valence-electron chi connectivity index (χ3n) is 2.00. The van der Waals surface area contributed by atoms with E-state index in [-0.39, 0.29) is 10.8 Å². The van der Waals surface area contributed by atoms with Gasteiger partial charge in [0.15, 0.2) is 0 Å². The molecule has 84 valence electrons. The Morgan fingerprint density at radius 1 is 1.12 bits per heavy atom. The minimum absolute atomic E-state index is 0.0559. The van der Waals surface area contributed by atoms with E-state index < -0.39 is 10.1 Å². The normalized spacial score (nSPS) is 11.6. The van der Waals surface area contributed by atoms with Crippen molar-refractivity contribution in [2.24, 2.45) is 0 Å². The molecule has 2 rings (SSSR count). The van der Waals surface area contributed by atoms with E-state index in [2.05, 4.69) is 5.10 Å². The van der Waals surface area contributed by atoms with Crippen LogP contribution in [0.1, 0.15) is 0 Å². The highest BCUT2D eigenvalue weighted by Gasteiger charge is 2.09. The number of benzene rings is 1. The van der Waals surface area contributed by atoms with Crippen LogP contribution in [0.25, 0.3) is 5.69 Å². The Bertz CT molecular complexity index is 601. The van der Waals surface area contributed by atoms with E-state index in [9.17, 15) is 13.5 Å². The van der Waals surface area contributed by atoms with E-state index in [4.69, 9.17) is 4.55 Å². The largest absolute Gasteiger partial charge is 0.493 e. The maximum absolute atomic E-state index is 10.8. The number of hydrogen-bond donors (Lipinski definition) is 2. The molecule has 0 saturated heterocycles. The van der Waals surface area contributed by atoms with Gasteiger partial charge in [0.05, 0.1) is 16.8 Å². The third kappa shape index (κ3) is 1.90. The van der Waals surface area contributed by atoms with Crippen LogP contribution in [0.2, 0.25) is 0 Å². The predicted molar refractivity (Wildman–Crippen MR) is 55.0 cm³/mol. The van der Waals surface area contributed by atoms with Gasteiger partial charge in [-0.05, 0) is 24.3 Å². The summed E-state index contributed by atoms with van der Waals surface area (Å²) in [5.41, 5.74) is 0.495. The molecule has 1 aromatic heterocycles. The lowest BCUT2D eigenvalue weighted by molar-refractivity contribution is 0.433. The molecule has 0 radical (unpaired) electrons. The molecule has 6 nitrogen and oxygen atoms in total. The number of rotatable bonds is 2. The van der Waals surface area contributed by atoms with Gasteiger partial charge in [-0.3, -0.25) is 4.55 Å². The number of aromatic hydroxyl groups is 1. The monoisotopic (exact) mass is 240 g/mol. The van der Waals surface area contributed by atoms with Crippen molar-refractivity contribution in [3.05, 3.63) is 36.5 Å². The van der Waals surface area contributed by atoms with Crippen molar-refractivity contribution in [1.82, 2.24) is 9.78 Å². The Morgan fingerprint density at radius 2 is 1.75 bits per heavy atom. The highest BCUT2D eigenvalue weighted by Crippen LogP contribution is 2.17. The second-order valence-corrected chi connectivity index (χ2v) is 4.49. The van der Waals surface area contributed by atoms with Crippen molar-refractivity contribution in [3.63, 3.8) is 0 Å². The minimum Gasteiger partial charge on any atom is -0.493 e. The van der Waals surface area contributed by atoms with Gasteiger partial charge in [-0.1, -0.05) is 0 Å². The summed E-state index contributed by atoms with van der Waals surface area (Å²) < 4.78 is 31.6. The zero-order valence-electron chi connectivity index (χ0n) is 7.98. The summed E-state index contributed by atoms with van der Waals surface area (Å²) in [6.45, 7) is 0. The molecule has 0 bridgehead atoms. The lowest BCUT2D eigenvalue weighted by Gasteiger charge is -2.03. The van der Waals surface area contributed by atoms with Crippen LogP contribution in [0.4, 0.5) is 0 Å². The lowest BCUT2D eigenvalue weighted by atomic mass is 10.3. The van der Waals surface area contributed by atoms with Gasteiger partial charge in [-0.15, -0.1) is 0 Å². The fourth-order valence-corrected chi connectivity index (χ4v) is 1.73. The van der Waals surface area contributed by atoms with Gasteiger partial charge >= 0.3 is 0 Å². The Morgan fingerprint density at radius 3 is 2.19 bits per heavy atom. The summed E-state index contributed by atoms with van der Waals surface area (Å²) in [5.74, 6) is -0.0559. The summed E-state index contributed by atoms with van der Waals surface area (Å²) in [4.78, 5) is -0.206. The summed E-state index contributed by atoms with van der Waals surface area (Å²) in [5, 5.41) is 13.2. The van der Waals surface area contributed by atoms with E-state index in [1.165, 1.54) is 41.2 Å². The first-order chi connectivity index (χ1) is 7.48. The Labute approximate surface area is 91.5 Å². The molecule has 2 N–H and O–H groups in total. The summed E-state index contributed by atoms with van der Waals surface area (Å²) in [6.07, 6.45) is 1.41. The van der Waals surface area contributed by atoms with Gasteiger partial charge in [0.1, 0.15) is 0 Å². The van der Waals surface area contributed by atoms with Crippen LogP contribution in [-0.4, -0.2) is 27.9 Å². The van der Waals surface area contributed by atoms with Crippen LogP contribution in [0, 0.1) is 0 Å². The molecule has 0 spiro atoms. The molecule has 7 heteroatoms. The fraction of sp³-hybridized carbons (Fsp3) is 0. The average molecular weight is 240 g/mol. The molecule has 0 fully saturated rings.